The van der Waals surface area contributed by atoms with Crippen molar-refractivity contribution in [2.45, 2.75) is 38.6 Å². The van der Waals surface area contributed by atoms with Crippen LogP contribution < -0.4 is 27.0 Å². The first-order valence-electron chi connectivity index (χ1n) is 12.0. The SMILES string of the molecule is CCC(=O)NCCOCCOCC(=O)NCCOCCOCC(=O)NCCCCC(NC)C(N)=O. The Morgan fingerprint density at radius 2 is 1.17 bits per heavy atom. The smallest absolute Gasteiger partial charge is 0.246 e. The molecule has 0 aliphatic carbocycles. The number of nitrogens with one attached hydrogen (secondary N) is 4. The Morgan fingerprint density at radius 1 is 0.686 bits per heavy atom. The van der Waals surface area contributed by atoms with Crippen molar-refractivity contribution in [3.8, 4) is 0 Å². The molecule has 6 N–H and O–H groups in total. The highest BCUT2D eigenvalue weighted by Gasteiger charge is 2.11. The van der Waals surface area contributed by atoms with Gasteiger partial charge in [-0.1, -0.05) is 6.92 Å². The third-order valence-corrected chi connectivity index (χ3v) is 4.60. The average molecular weight is 506 g/mol. The van der Waals surface area contributed by atoms with Gasteiger partial charge in [0.15, 0.2) is 0 Å². The first kappa shape index (κ1) is 32.7. The molecule has 0 saturated heterocycles. The summed E-state index contributed by atoms with van der Waals surface area (Å²) >= 11 is 0. The largest absolute Gasteiger partial charge is 0.377 e. The Kier molecular flexibility index (Phi) is 21.9. The predicted molar refractivity (Wildman–Crippen MR) is 128 cm³/mol. The lowest BCUT2D eigenvalue weighted by Gasteiger charge is -2.12. The second-order valence-corrected chi connectivity index (χ2v) is 7.47. The predicted octanol–water partition coefficient (Wildman–Crippen LogP) is -1.94. The van der Waals surface area contributed by atoms with Crippen molar-refractivity contribution in [3.05, 3.63) is 0 Å². The van der Waals surface area contributed by atoms with Gasteiger partial charge in [-0.3, -0.25) is 19.2 Å². The van der Waals surface area contributed by atoms with Crippen LogP contribution in [-0.2, 0) is 38.1 Å². The summed E-state index contributed by atoms with van der Waals surface area (Å²) in [6.45, 7) is 4.81. The molecule has 0 aromatic carbocycles. The zero-order valence-electron chi connectivity index (χ0n) is 21.0. The number of unbranched alkanes of at least 4 members (excludes halogenated alkanes) is 1. The fourth-order valence-corrected chi connectivity index (χ4v) is 2.65. The number of rotatable bonds is 24. The molecule has 0 aromatic heterocycles. The van der Waals surface area contributed by atoms with E-state index in [1.165, 1.54) is 0 Å². The van der Waals surface area contributed by atoms with Gasteiger partial charge in [0.2, 0.25) is 23.6 Å². The molecular formula is C22H43N5O8. The summed E-state index contributed by atoms with van der Waals surface area (Å²) in [6.07, 6.45) is 2.57. The molecule has 1 atom stereocenters. The molecule has 4 amide bonds. The van der Waals surface area contributed by atoms with Gasteiger partial charge in [0, 0.05) is 26.1 Å². The summed E-state index contributed by atoms with van der Waals surface area (Å²) in [4.78, 5) is 45.4. The molecule has 35 heavy (non-hydrogen) atoms. The second-order valence-electron chi connectivity index (χ2n) is 7.47. The maximum Gasteiger partial charge on any atom is 0.246 e. The number of hydrogen-bond acceptors (Lipinski definition) is 9. The summed E-state index contributed by atoms with van der Waals surface area (Å²) in [5, 5.41) is 10.9. The Morgan fingerprint density at radius 3 is 1.66 bits per heavy atom. The van der Waals surface area contributed by atoms with Crippen LogP contribution in [0.25, 0.3) is 0 Å². The molecular weight excluding hydrogens is 462 g/mol. The summed E-state index contributed by atoms with van der Waals surface area (Å²) in [5.74, 6) is -0.876. The molecule has 0 bridgehead atoms. The quantitative estimate of drug-likeness (QED) is 0.0933. The average Bonchev–Trinajstić information content (AvgIpc) is 2.84. The van der Waals surface area contributed by atoms with Crippen molar-refractivity contribution < 1.29 is 38.1 Å². The highest BCUT2D eigenvalue weighted by Crippen LogP contribution is 1.99. The number of nitrogens with two attached hydrogens (primary N) is 1. The highest BCUT2D eigenvalue weighted by molar-refractivity contribution is 5.79. The minimum atomic E-state index is -0.381. The van der Waals surface area contributed by atoms with Crippen LogP contribution in [0.3, 0.4) is 0 Å². The van der Waals surface area contributed by atoms with Gasteiger partial charge in [-0.15, -0.1) is 0 Å². The molecule has 0 rings (SSSR count). The molecule has 0 radical (unpaired) electrons. The lowest BCUT2D eigenvalue weighted by atomic mass is 10.1. The van der Waals surface area contributed by atoms with Gasteiger partial charge in [0.05, 0.1) is 45.7 Å². The number of amides is 4. The number of hydrogen-bond donors (Lipinski definition) is 5. The Hall–Kier alpha value is -2.32. The van der Waals surface area contributed by atoms with Crippen molar-refractivity contribution in [1.82, 2.24) is 21.3 Å². The van der Waals surface area contributed by atoms with E-state index in [4.69, 9.17) is 24.7 Å². The Labute approximate surface area is 207 Å². The van der Waals surface area contributed by atoms with Crippen molar-refractivity contribution in [1.29, 1.82) is 0 Å². The van der Waals surface area contributed by atoms with E-state index in [2.05, 4.69) is 21.3 Å². The Balaban J connectivity index is 3.39. The van der Waals surface area contributed by atoms with Gasteiger partial charge in [-0.05, 0) is 26.3 Å². The molecule has 1 unspecified atom stereocenters. The van der Waals surface area contributed by atoms with E-state index < -0.39 is 0 Å². The van der Waals surface area contributed by atoms with Gasteiger partial charge >= 0.3 is 0 Å². The molecule has 0 fully saturated rings. The molecule has 0 aliphatic rings. The summed E-state index contributed by atoms with van der Waals surface area (Å²) in [5.41, 5.74) is 5.24. The van der Waals surface area contributed by atoms with E-state index >= 15 is 0 Å². The minimum Gasteiger partial charge on any atom is -0.377 e. The fourth-order valence-electron chi connectivity index (χ4n) is 2.65. The molecule has 0 heterocycles. The third-order valence-electron chi connectivity index (χ3n) is 4.60. The van der Waals surface area contributed by atoms with E-state index in [1.807, 2.05) is 0 Å². The van der Waals surface area contributed by atoms with E-state index in [0.717, 1.165) is 12.8 Å². The summed E-state index contributed by atoms with van der Waals surface area (Å²) in [7, 11) is 1.69. The van der Waals surface area contributed by atoms with Crippen LogP contribution in [0, 0.1) is 0 Å². The number of likely N-dealkylation sites (N-methyl/N-ethyl adjacent to an activating group) is 1. The van der Waals surface area contributed by atoms with E-state index in [9.17, 15) is 19.2 Å². The van der Waals surface area contributed by atoms with Gasteiger partial charge in [-0.2, -0.15) is 0 Å². The summed E-state index contributed by atoms with van der Waals surface area (Å²) in [6, 6.07) is -0.348. The molecule has 0 aromatic rings. The lowest BCUT2D eigenvalue weighted by Crippen LogP contribution is -2.39. The van der Waals surface area contributed by atoms with Crippen LogP contribution in [0.15, 0.2) is 0 Å². The molecule has 204 valence electrons. The Bertz CT molecular complexity index is 594. The molecule has 0 aliphatic heterocycles. The highest BCUT2D eigenvalue weighted by atomic mass is 16.5. The maximum atomic E-state index is 11.7. The van der Waals surface area contributed by atoms with Gasteiger partial charge in [-0.25, -0.2) is 0 Å². The van der Waals surface area contributed by atoms with Crippen molar-refractivity contribution in [2.24, 2.45) is 5.73 Å². The van der Waals surface area contributed by atoms with E-state index in [0.29, 0.717) is 58.9 Å². The van der Waals surface area contributed by atoms with Crippen LogP contribution in [0.5, 0.6) is 0 Å². The fraction of sp³-hybridized carbons (Fsp3) is 0.818. The topological polar surface area (TPSA) is 179 Å². The van der Waals surface area contributed by atoms with Crippen molar-refractivity contribution in [2.75, 3.05) is 79.5 Å². The molecule has 0 saturated carbocycles. The third kappa shape index (κ3) is 21.9. The molecule has 13 nitrogen and oxygen atoms in total. The van der Waals surface area contributed by atoms with Crippen molar-refractivity contribution >= 4 is 23.6 Å². The first-order valence-corrected chi connectivity index (χ1v) is 12.0. The number of carbonyl (C=O) groups excluding carboxylic acids is 4. The van der Waals surface area contributed by atoms with Crippen LogP contribution in [0.2, 0.25) is 0 Å². The molecule has 13 heteroatoms. The van der Waals surface area contributed by atoms with Gasteiger partial charge < -0.3 is 45.9 Å². The zero-order valence-corrected chi connectivity index (χ0v) is 21.0. The number of primary amides is 1. The standard InChI is InChI=1S/C22H43N5O8/c1-3-19(28)26-8-10-32-12-15-35-17-21(30)27-9-11-33-13-14-34-16-20(29)25-7-5-4-6-18(24-2)22(23)31/h18,24H,3-17H2,1-2H3,(H2,23,31)(H,25,29)(H,26,28)(H,27,30). The first-order chi connectivity index (χ1) is 16.9. The maximum absolute atomic E-state index is 11.7. The monoisotopic (exact) mass is 505 g/mol. The molecule has 0 spiro atoms. The van der Waals surface area contributed by atoms with Crippen LogP contribution in [-0.4, -0.2) is 109 Å². The zero-order chi connectivity index (χ0) is 26.2. The van der Waals surface area contributed by atoms with Gasteiger partial charge in [0.1, 0.15) is 13.2 Å². The normalized spacial score (nSPS) is 11.6. The van der Waals surface area contributed by atoms with Gasteiger partial charge in [0.25, 0.3) is 0 Å². The van der Waals surface area contributed by atoms with E-state index in [1.54, 1.807) is 14.0 Å². The van der Waals surface area contributed by atoms with E-state index in [-0.39, 0.29) is 56.1 Å². The van der Waals surface area contributed by atoms with Crippen LogP contribution in [0.4, 0.5) is 0 Å². The lowest BCUT2D eigenvalue weighted by molar-refractivity contribution is -0.127. The number of carbonyl (C=O) groups is 4. The van der Waals surface area contributed by atoms with Crippen molar-refractivity contribution in [3.63, 3.8) is 0 Å². The second kappa shape index (κ2) is 23.4. The number of ether oxygens (including phenoxy) is 4. The van der Waals surface area contributed by atoms with Crippen LogP contribution in [0.1, 0.15) is 32.6 Å². The minimum absolute atomic E-state index is 0.0217. The van der Waals surface area contributed by atoms with Crippen LogP contribution >= 0.6 is 0 Å². The summed E-state index contributed by atoms with van der Waals surface area (Å²) < 4.78 is 21.0.